The van der Waals surface area contributed by atoms with Gasteiger partial charge in [0.25, 0.3) is 0 Å². The molecule has 0 saturated carbocycles. The van der Waals surface area contributed by atoms with E-state index in [4.69, 9.17) is 11.6 Å². The number of amides is 2. The van der Waals surface area contributed by atoms with E-state index in [1.165, 1.54) is 5.56 Å². The van der Waals surface area contributed by atoms with Crippen LogP contribution in [0.2, 0.25) is 5.02 Å². The Hall–Kier alpha value is -2.33. The molecule has 1 saturated heterocycles. The zero-order valence-electron chi connectivity index (χ0n) is 16.1. The van der Waals surface area contributed by atoms with Gasteiger partial charge in [-0.3, -0.25) is 9.59 Å². The van der Waals surface area contributed by atoms with Crippen LogP contribution >= 0.6 is 11.6 Å². The molecule has 3 rings (SSSR count). The topological polar surface area (TPSA) is 40.6 Å². The Morgan fingerprint density at radius 3 is 1.75 bits per heavy atom. The number of hydrogen-bond acceptors (Lipinski definition) is 2. The highest BCUT2D eigenvalue weighted by Crippen LogP contribution is 2.13. The van der Waals surface area contributed by atoms with Crippen LogP contribution in [0.1, 0.15) is 30.4 Å². The molecule has 2 aromatic rings. The number of carbonyl (C=O) groups excluding carboxylic acids is 2. The van der Waals surface area contributed by atoms with Gasteiger partial charge in [0.05, 0.1) is 0 Å². The number of benzene rings is 2. The SMILES string of the molecule is O=C(CCc1ccccc1)N1CCCN(C(=O)CCc2ccc(Cl)cc2)CC1. The van der Waals surface area contributed by atoms with Crippen molar-refractivity contribution in [1.82, 2.24) is 9.80 Å². The first-order valence-corrected chi connectivity index (χ1v) is 10.3. The molecule has 0 aromatic heterocycles. The van der Waals surface area contributed by atoms with Crippen molar-refractivity contribution in [3.63, 3.8) is 0 Å². The first-order chi connectivity index (χ1) is 13.6. The molecule has 0 bridgehead atoms. The second-order valence-corrected chi connectivity index (χ2v) is 7.66. The van der Waals surface area contributed by atoms with Crippen molar-refractivity contribution >= 4 is 23.4 Å². The lowest BCUT2D eigenvalue weighted by Gasteiger charge is -2.22. The largest absolute Gasteiger partial charge is 0.341 e. The lowest BCUT2D eigenvalue weighted by Crippen LogP contribution is -2.37. The third kappa shape index (κ3) is 6.10. The number of hydrogen-bond donors (Lipinski definition) is 0. The van der Waals surface area contributed by atoms with Crippen molar-refractivity contribution in [2.45, 2.75) is 32.1 Å². The molecule has 0 aliphatic carbocycles. The number of halogens is 1. The molecule has 2 aromatic carbocycles. The Bertz CT molecular complexity index is 777. The fourth-order valence-electron chi connectivity index (χ4n) is 3.53. The summed E-state index contributed by atoms with van der Waals surface area (Å²) in [7, 11) is 0. The van der Waals surface area contributed by atoms with Gasteiger partial charge >= 0.3 is 0 Å². The minimum atomic E-state index is 0.161. The lowest BCUT2D eigenvalue weighted by molar-refractivity contribution is -0.133. The van der Waals surface area contributed by atoms with Gasteiger partial charge in [-0.15, -0.1) is 0 Å². The van der Waals surface area contributed by atoms with Gasteiger partial charge in [0.2, 0.25) is 11.8 Å². The lowest BCUT2D eigenvalue weighted by atomic mass is 10.1. The molecule has 5 heteroatoms. The van der Waals surface area contributed by atoms with Crippen LogP contribution in [-0.4, -0.2) is 47.8 Å². The minimum Gasteiger partial charge on any atom is -0.341 e. The van der Waals surface area contributed by atoms with Crippen molar-refractivity contribution in [3.8, 4) is 0 Å². The second kappa shape index (κ2) is 10.3. The normalized spacial score (nSPS) is 14.6. The van der Waals surface area contributed by atoms with Crippen molar-refractivity contribution in [2.24, 2.45) is 0 Å². The number of carbonyl (C=O) groups is 2. The summed E-state index contributed by atoms with van der Waals surface area (Å²) >= 11 is 5.90. The maximum absolute atomic E-state index is 12.6. The summed E-state index contributed by atoms with van der Waals surface area (Å²) in [6.45, 7) is 2.70. The summed E-state index contributed by atoms with van der Waals surface area (Å²) < 4.78 is 0. The van der Waals surface area contributed by atoms with E-state index in [-0.39, 0.29) is 11.8 Å². The van der Waals surface area contributed by atoms with Crippen LogP contribution in [0.3, 0.4) is 0 Å². The minimum absolute atomic E-state index is 0.161. The maximum Gasteiger partial charge on any atom is 0.222 e. The predicted molar refractivity (Wildman–Crippen MR) is 112 cm³/mol. The summed E-state index contributed by atoms with van der Waals surface area (Å²) in [6, 6.07) is 17.7. The van der Waals surface area contributed by atoms with Gasteiger partial charge in [0.15, 0.2) is 0 Å². The molecule has 1 fully saturated rings. The molecule has 1 aliphatic rings. The summed E-state index contributed by atoms with van der Waals surface area (Å²) in [5.41, 5.74) is 2.30. The van der Waals surface area contributed by atoms with Gasteiger partial charge in [-0.1, -0.05) is 54.1 Å². The third-order valence-electron chi connectivity index (χ3n) is 5.21. The Morgan fingerprint density at radius 2 is 1.21 bits per heavy atom. The first kappa shape index (κ1) is 20.4. The Balaban J connectivity index is 1.43. The predicted octanol–water partition coefficient (Wildman–Crippen LogP) is 3.97. The van der Waals surface area contributed by atoms with Crippen LogP contribution in [0, 0.1) is 0 Å². The number of rotatable bonds is 6. The fraction of sp³-hybridized carbons (Fsp3) is 0.391. The fourth-order valence-corrected chi connectivity index (χ4v) is 3.66. The summed E-state index contributed by atoms with van der Waals surface area (Å²) in [5.74, 6) is 0.341. The standard InChI is InChI=1S/C23H27ClN2O2/c24-21-11-7-20(8-12-21)10-14-23(28)26-16-4-15-25(17-18-26)22(27)13-9-19-5-2-1-3-6-19/h1-3,5-8,11-12H,4,9-10,13-18H2. The van der Waals surface area contributed by atoms with E-state index in [1.54, 1.807) is 0 Å². The van der Waals surface area contributed by atoms with Crippen LogP contribution < -0.4 is 0 Å². The maximum atomic E-state index is 12.6. The molecule has 0 radical (unpaired) electrons. The third-order valence-corrected chi connectivity index (χ3v) is 5.46. The first-order valence-electron chi connectivity index (χ1n) is 9.96. The van der Waals surface area contributed by atoms with Gasteiger partial charge in [0.1, 0.15) is 0 Å². The van der Waals surface area contributed by atoms with E-state index < -0.39 is 0 Å². The van der Waals surface area contributed by atoms with E-state index in [0.717, 1.165) is 31.5 Å². The average Bonchev–Trinajstić information content (AvgIpc) is 2.98. The van der Waals surface area contributed by atoms with E-state index in [0.29, 0.717) is 37.4 Å². The van der Waals surface area contributed by atoms with Crippen molar-refractivity contribution in [3.05, 3.63) is 70.7 Å². The second-order valence-electron chi connectivity index (χ2n) is 7.23. The van der Waals surface area contributed by atoms with Gasteiger partial charge < -0.3 is 9.80 Å². The summed E-state index contributed by atoms with van der Waals surface area (Å²) in [6.07, 6.45) is 3.33. The average molecular weight is 399 g/mol. The molecule has 0 N–H and O–H groups in total. The monoisotopic (exact) mass is 398 g/mol. The number of aryl methyl sites for hydroxylation is 2. The van der Waals surface area contributed by atoms with Gasteiger partial charge in [0, 0.05) is 44.0 Å². The van der Waals surface area contributed by atoms with Gasteiger partial charge in [-0.05, 0) is 42.5 Å². The Kier molecular flexibility index (Phi) is 7.49. The molecule has 0 atom stereocenters. The quantitative estimate of drug-likeness (QED) is 0.738. The molecule has 148 valence electrons. The molecule has 1 aliphatic heterocycles. The molecule has 2 amide bonds. The summed E-state index contributed by atoms with van der Waals surface area (Å²) in [4.78, 5) is 28.9. The zero-order valence-corrected chi connectivity index (χ0v) is 16.9. The van der Waals surface area contributed by atoms with Crippen molar-refractivity contribution in [2.75, 3.05) is 26.2 Å². The molecular weight excluding hydrogens is 372 g/mol. The molecule has 4 nitrogen and oxygen atoms in total. The number of nitrogens with zero attached hydrogens (tertiary/aromatic N) is 2. The Labute approximate surface area is 172 Å². The van der Waals surface area contributed by atoms with E-state index in [2.05, 4.69) is 12.1 Å². The smallest absolute Gasteiger partial charge is 0.222 e. The van der Waals surface area contributed by atoms with Gasteiger partial charge in [-0.25, -0.2) is 0 Å². The zero-order chi connectivity index (χ0) is 19.8. The van der Waals surface area contributed by atoms with E-state index >= 15 is 0 Å². The van der Waals surface area contributed by atoms with Crippen molar-refractivity contribution in [1.29, 1.82) is 0 Å². The van der Waals surface area contributed by atoms with E-state index in [9.17, 15) is 9.59 Å². The summed E-state index contributed by atoms with van der Waals surface area (Å²) in [5, 5.41) is 0.708. The molecule has 0 spiro atoms. The highest BCUT2D eigenvalue weighted by Gasteiger charge is 2.21. The van der Waals surface area contributed by atoms with E-state index in [1.807, 2.05) is 52.3 Å². The molecule has 0 unspecified atom stereocenters. The van der Waals surface area contributed by atoms with Crippen LogP contribution in [0.25, 0.3) is 0 Å². The van der Waals surface area contributed by atoms with Crippen LogP contribution in [0.15, 0.2) is 54.6 Å². The van der Waals surface area contributed by atoms with Gasteiger partial charge in [-0.2, -0.15) is 0 Å². The van der Waals surface area contributed by atoms with Crippen LogP contribution in [0.5, 0.6) is 0 Å². The molecule has 28 heavy (non-hydrogen) atoms. The van der Waals surface area contributed by atoms with Crippen molar-refractivity contribution < 1.29 is 9.59 Å². The molecular formula is C23H27ClN2O2. The van der Waals surface area contributed by atoms with Crippen LogP contribution in [0.4, 0.5) is 0 Å². The highest BCUT2D eigenvalue weighted by atomic mass is 35.5. The molecule has 1 heterocycles. The highest BCUT2D eigenvalue weighted by molar-refractivity contribution is 6.30. The Morgan fingerprint density at radius 1 is 0.714 bits per heavy atom. The van der Waals surface area contributed by atoms with Crippen LogP contribution in [-0.2, 0) is 22.4 Å².